The summed E-state index contributed by atoms with van der Waals surface area (Å²) < 4.78 is 4.94. The van der Waals surface area contributed by atoms with E-state index in [0.717, 1.165) is 16.6 Å². The molecule has 0 saturated carbocycles. The van der Waals surface area contributed by atoms with Gasteiger partial charge < -0.3 is 14.6 Å². The van der Waals surface area contributed by atoms with E-state index in [-0.39, 0.29) is 5.97 Å². The smallest absolute Gasteiger partial charge is 0.342 e. The Hall–Kier alpha value is -2.46. The van der Waals surface area contributed by atoms with Gasteiger partial charge in [0.05, 0.1) is 17.8 Å². The van der Waals surface area contributed by atoms with Crippen molar-refractivity contribution in [3.63, 3.8) is 0 Å². The van der Waals surface area contributed by atoms with Crippen molar-refractivity contribution in [1.29, 1.82) is 0 Å². The number of halogens is 1. The molecule has 0 aliphatic heterocycles. The van der Waals surface area contributed by atoms with Crippen molar-refractivity contribution in [2.24, 2.45) is 0 Å². The minimum Gasteiger partial charge on any atom is -0.465 e. The highest BCUT2D eigenvalue weighted by Gasteiger charge is 2.22. The highest BCUT2D eigenvalue weighted by molar-refractivity contribution is 6.33. The van der Waals surface area contributed by atoms with E-state index < -0.39 is 0 Å². The number of esters is 1. The van der Waals surface area contributed by atoms with Crippen LogP contribution >= 0.6 is 11.6 Å². The van der Waals surface area contributed by atoms with E-state index in [1.165, 1.54) is 7.11 Å². The SMILES string of the molecule is COC(=O)c1c(N(C)c2ccccc2Cl)[nH]c2ccccc12. The molecule has 0 fully saturated rings. The van der Waals surface area contributed by atoms with E-state index in [2.05, 4.69) is 4.98 Å². The Morgan fingerprint density at radius 1 is 1.14 bits per heavy atom. The lowest BCUT2D eigenvalue weighted by Crippen LogP contribution is -2.14. The van der Waals surface area contributed by atoms with Gasteiger partial charge in [0.25, 0.3) is 0 Å². The quantitative estimate of drug-likeness (QED) is 0.730. The second-order valence-electron chi connectivity index (χ2n) is 4.90. The highest BCUT2D eigenvalue weighted by Crippen LogP contribution is 2.35. The molecule has 3 rings (SSSR count). The third-order valence-corrected chi connectivity index (χ3v) is 3.94. The summed E-state index contributed by atoms with van der Waals surface area (Å²) in [5.74, 6) is 0.271. The number of rotatable bonds is 3. The molecule has 0 radical (unpaired) electrons. The number of hydrogen-bond acceptors (Lipinski definition) is 3. The first-order valence-electron chi connectivity index (χ1n) is 6.80. The molecule has 0 aliphatic rings. The van der Waals surface area contributed by atoms with Crippen LogP contribution in [0.5, 0.6) is 0 Å². The van der Waals surface area contributed by atoms with Gasteiger partial charge in [0.1, 0.15) is 11.4 Å². The summed E-state index contributed by atoms with van der Waals surface area (Å²) in [7, 11) is 3.24. The number of fused-ring (bicyclic) bond motifs is 1. The fourth-order valence-electron chi connectivity index (χ4n) is 2.53. The third kappa shape index (κ3) is 2.31. The predicted molar refractivity (Wildman–Crippen MR) is 89.2 cm³/mol. The molecule has 0 spiro atoms. The van der Waals surface area contributed by atoms with Gasteiger partial charge in [-0.3, -0.25) is 0 Å². The zero-order valence-corrected chi connectivity index (χ0v) is 13.0. The first-order chi connectivity index (χ1) is 10.6. The van der Waals surface area contributed by atoms with Crippen LogP contribution in [0.2, 0.25) is 5.02 Å². The maximum Gasteiger partial charge on any atom is 0.342 e. The monoisotopic (exact) mass is 314 g/mol. The molecule has 0 saturated heterocycles. The van der Waals surface area contributed by atoms with Crippen molar-refractivity contribution < 1.29 is 9.53 Å². The molecule has 1 heterocycles. The number of aromatic amines is 1. The molecular formula is C17H15ClN2O2. The lowest BCUT2D eigenvalue weighted by molar-refractivity contribution is 0.0604. The topological polar surface area (TPSA) is 45.3 Å². The van der Waals surface area contributed by atoms with Crippen LogP contribution in [0, 0.1) is 0 Å². The summed E-state index contributed by atoms with van der Waals surface area (Å²) in [6, 6.07) is 15.1. The molecule has 0 aliphatic carbocycles. The molecule has 22 heavy (non-hydrogen) atoms. The molecule has 0 amide bonds. The first-order valence-corrected chi connectivity index (χ1v) is 7.18. The second kappa shape index (κ2) is 5.73. The summed E-state index contributed by atoms with van der Waals surface area (Å²) in [5.41, 5.74) is 2.18. The number of carbonyl (C=O) groups excluding carboxylic acids is 1. The van der Waals surface area contributed by atoms with Gasteiger partial charge in [0.2, 0.25) is 0 Å². The minimum absolute atomic E-state index is 0.383. The van der Waals surface area contributed by atoms with E-state index >= 15 is 0 Å². The molecule has 5 heteroatoms. The lowest BCUT2D eigenvalue weighted by atomic mass is 10.1. The van der Waals surface area contributed by atoms with Gasteiger partial charge in [-0.25, -0.2) is 4.79 Å². The summed E-state index contributed by atoms with van der Waals surface area (Å²) >= 11 is 6.26. The first kappa shape index (κ1) is 14.5. The number of aromatic nitrogens is 1. The number of H-pyrrole nitrogens is 1. The van der Waals surface area contributed by atoms with Crippen LogP contribution in [0.15, 0.2) is 48.5 Å². The van der Waals surface area contributed by atoms with Gasteiger partial charge in [-0.15, -0.1) is 0 Å². The average molecular weight is 315 g/mol. The zero-order valence-electron chi connectivity index (χ0n) is 12.3. The largest absolute Gasteiger partial charge is 0.465 e. The van der Waals surface area contributed by atoms with Crippen molar-refractivity contribution in [2.75, 3.05) is 19.1 Å². The number of anilines is 2. The summed E-state index contributed by atoms with van der Waals surface area (Å²) in [5, 5.41) is 1.43. The molecule has 1 aromatic heterocycles. The molecular weight excluding hydrogens is 300 g/mol. The summed E-state index contributed by atoms with van der Waals surface area (Å²) in [6.45, 7) is 0. The number of hydrogen-bond donors (Lipinski definition) is 1. The average Bonchev–Trinajstić information content (AvgIpc) is 2.93. The number of benzene rings is 2. The summed E-state index contributed by atoms with van der Waals surface area (Å²) in [6.07, 6.45) is 0. The van der Waals surface area contributed by atoms with Crippen molar-refractivity contribution in [1.82, 2.24) is 4.98 Å². The van der Waals surface area contributed by atoms with E-state index in [1.807, 2.05) is 60.5 Å². The van der Waals surface area contributed by atoms with Gasteiger partial charge in [-0.1, -0.05) is 41.9 Å². The standard InChI is InChI=1S/C17H15ClN2O2/c1-20(14-10-6-4-8-12(14)18)16-15(17(21)22-2)11-7-3-5-9-13(11)19-16/h3-10,19H,1-2H3. The Morgan fingerprint density at radius 3 is 2.55 bits per heavy atom. The van der Waals surface area contributed by atoms with Crippen LogP contribution in [-0.2, 0) is 4.74 Å². The van der Waals surface area contributed by atoms with Gasteiger partial charge in [0, 0.05) is 18.0 Å². The van der Waals surface area contributed by atoms with Gasteiger partial charge in [-0.05, 0) is 18.2 Å². The normalized spacial score (nSPS) is 10.7. The molecule has 0 atom stereocenters. The third-order valence-electron chi connectivity index (χ3n) is 3.63. The van der Waals surface area contributed by atoms with Crippen molar-refractivity contribution >= 4 is 40.0 Å². The summed E-state index contributed by atoms with van der Waals surface area (Å²) in [4.78, 5) is 17.4. The Bertz CT molecular complexity index is 842. The van der Waals surface area contributed by atoms with Gasteiger partial charge in [0.15, 0.2) is 0 Å². The van der Waals surface area contributed by atoms with Crippen LogP contribution in [0.4, 0.5) is 11.5 Å². The lowest BCUT2D eigenvalue weighted by Gasteiger charge is -2.20. The number of ether oxygens (including phenoxy) is 1. The zero-order chi connectivity index (χ0) is 15.7. The predicted octanol–water partition coefficient (Wildman–Crippen LogP) is 4.38. The van der Waals surface area contributed by atoms with E-state index in [1.54, 1.807) is 0 Å². The fraction of sp³-hybridized carbons (Fsp3) is 0.118. The molecule has 1 N–H and O–H groups in total. The van der Waals surface area contributed by atoms with Crippen LogP contribution in [0.25, 0.3) is 10.9 Å². The number of para-hydroxylation sites is 2. The van der Waals surface area contributed by atoms with Crippen molar-refractivity contribution in [2.45, 2.75) is 0 Å². The van der Waals surface area contributed by atoms with Crippen LogP contribution in [0.1, 0.15) is 10.4 Å². The van der Waals surface area contributed by atoms with Crippen LogP contribution < -0.4 is 4.90 Å². The molecule has 3 aromatic rings. The number of nitrogens with one attached hydrogen (secondary N) is 1. The molecule has 0 bridgehead atoms. The minimum atomic E-state index is -0.383. The Balaban J connectivity index is 2.22. The molecule has 4 nitrogen and oxygen atoms in total. The maximum atomic E-state index is 12.2. The Kier molecular flexibility index (Phi) is 3.77. The van der Waals surface area contributed by atoms with Gasteiger partial charge >= 0.3 is 5.97 Å². The maximum absolute atomic E-state index is 12.2. The Labute approximate surface area is 133 Å². The van der Waals surface area contributed by atoms with E-state index in [0.29, 0.717) is 16.4 Å². The highest BCUT2D eigenvalue weighted by atomic mass is 35.5. The van der Waals surface area contributed by atoms with E-state index in [9.17, 15) is 4.79 Å². The molecule has 112 valence electrons. The number of nitrogens with zero attached hydrogens (tertiary/aromatic N) is 1. The molecule has 2 aromatic carbocycles. The number of methoxy groups -OCH3 is 1. The molecule has 0 unspecified atom stereocenters. The fourth-order valence-corrected chi connectivity index (χ4v) is 2.79. The van der Waals surface area contributed by atoms with Crippen LogP contribution in [-0.4, -0.2) is 25.1 Å². The van der Waals surface area contributed by atoms with Crippen LogP contribution in [0.3, 0.4) is 0 Å². The number of carbonyl (C=O) groups is 1. The van der Waals surface area contributed by atoms with E-state index in [4.69, 9.17) is 16.3 Å². The van der Waals surface area contributed by atoms with Crippen molar-refractivity contribution in [3.05, 3.63) is 59.1 Å². The Morgan fingerprint density at radius 2 is 1.82 bits per heavy atom. The van der Waals surface area contributed by atoms with Crippen molar-refractivity contribution in [3.8, 4) is 0 Å². The second-order valence-corrected chi connectivity index (χ2v) is 5.30. The van der Waals surface area contributed by atoms with Gasteiger partial charge in [-0.2, -0.15) is 0 Å².